The van der Waals surface area contributed by atoms with Gasteiger partial charge in [-0.25, -0.2) is 0 Å². The summed E-state index contributed by atoms with van der Waals surface area (Å²) in [6.07, 6.45) is 1.86. The van der Waals surface area contributed by atoms with E-state index in [4.69, 9.17) is 14.2 Å². The molecule has 2 fully saturated rings. The monoisotopic (exact) mass is 283 g/mol. The molecule has 0 bridgehead atoms. The highest BCUT2D eigenvalue weighted by Gasteiger charge is 2.42. The summed E-state index contributed by atoms with van der Waals surface area (Å²) in [6.45, 7) is 5.19. The zero-order valence-corrected chi connectivity index (χ0v) is 12.1. The number of hydrogen-bond donors (Lipinski definition) is 1. The van der Waals surface area contributed by atoms with Gasteiger partial charge < -0.3 is 19.5 Å². The summed E-state index contributed by atoms with van der Waals surface area (Å²) in [5.74, 6) is -0.364. The highest BCUT2D eigenvalue weighted by molar-refractivity contribution is 7.10. The van der Waals surface area contributed by atoms with Crippen molar-refractivity contribution >= 4 is 11.3 Å². The second-order valence-corrected chi connectivity index (χ2v) is 6.20. The lowest BCUT2D eigenvalue weighted by molar-refractivity contribution is -0.210. The van der Waals surface area contributed by atoms with Crippen molar-refractivity contribution < 1.29 is 14.2 Å². The molecule has 1 spiro atoms. The molecule has 106 valence electrons. The molecule has 3 rings (SSSR count). The molecular weight excluding hydrogens is 262 g/mol. The Hall–Kier alpha value is -0.460. The molecule has 0 aromatic carbocycles. The van der Waals surface area contributed by atoms with Crippen molar-refractivity contribution in [1.29, 1.82) is 0 Å². The topological polar surface area (TPSA) is 39.7 Å². The van der Waals surface area contributed by atoms with Gasteiger partial charge in [0, 0.05) is 30.3 Å². The minimum atomic E-state index is -0.364. The molecule has 0 unspecified atom stereocenters. The number of nitrogens with one attached hydrogen (secondary N) is 1. The fourth-order valence-corrected chi connectivity index (χ4v) is 3.37. The largest absolute Gasteiger partial charge is 0.381 e. The predicted molar refractivity (Wildman–Crippen MR) is 74.3 cm³/mol. The van der Waals surface area contributed by atoms with Crippen LogP contribution in [0.3, 0.4) is 0 Å². The summed E-state index contributed by atoms with van der Waals surface area (Å²) in [4.78, 5) is 1.36. The lowest BCUT2D eigenvalue weighted by Crippen LogP contribution is -2.39. The molecule has 2 atom stereocenters. The van der Waals surface area contributed by atoms with E-state index in [-0.39, 0.29) is 11.9 Å². The van der Waals surface area contributed by atoms with Gasteiger partial charge >= 0.3 is 0 Å². The summed E-state index contributed by atoms with van der Waals surface area (Å²) >= 11 is 1.78. The Kier molecular flexibility index (Phi) is 4.19. The standard InChI is InChI=1S/C14H21NO3S/c1-11(13-3-2-8-19-13)15-9-12-10-17-14(18-12)4-6-16-7-5-14/h2-3,8,11-12,15H,4-7,9-10H2,1H3/t11-,12+/m1/s1. The Bertz CT molecular complexity index is 389. The SMILES string of the molecule is C[C@@H](NC[C@H]1COC2(CCOCC2)O1)c1cccs1. The lowest BCUT2D eigenvalue weighted by atomic mass is 10.1. The van der Waals surface area contributed by atoms with Gasteiger partial charge in [0.1, 0.15) is 0 Å². The van der Waals surface area contributed by atoms with Gasteiger partial charge in [0.05, 0.1) is 25.9 Å². The van der Waals surface area contributed by atoms with E-state index in [0.29, 0.717) is 12.6 Å². The van der Waals surface area contributed by atoms with Crippen LogP contribution in [0.25, 0.3) is 0 Å². The molecule has 19 heavy (non-hydrogen) atoms. The van der Waals surface area contributed by atoms with Crippen molar-refractivity contribution in [2.75, 3.05) is 26.4 Å². The van der Waals surface area contributed by atoms with Gasteiger partial charge in [0.25, 0.3) is 0 Å². The van der Waals surface area contributed by atoms with Crippen molar-refractivity contribution in [2.24, 2.45) is 0 Å². The molecule has 5 heteroatoms. The molecule has 2 aliphatic heterocycles. The molecule has 3 heterocycles. The average molecular weight is 283 g/mol. The average Bonchev–Trinajstić information content (AvgIpc) is 3.08. The van der Waals surface area contributed by atoms with Crippen LogP contribution in [0.1, 0.15) is 30.7 Å². The first-order valence-corrected chi connectivity index (χ1v) is 7.82. The van der Waals surface area contributed by atoms with Gasteiger partial charge in [-0.15, -0.1) is 11.3 Å². The molecular formula is C14H21NO3S. The van der Waals surface area contributed by atoms with Gasteiger partial charge in [-0.2, -0.15) is 0 Å². The first kappa shape index (κ1) is 13.5. The highest BCUT2D eigenvalue weighted by Crippen LogP contribution is 2.33. The van der Waals surface area contributed by atoms with Crippen molar-refractivity contribution in [3.63, 3.8) is 0 Å². The third kappa shape index (κ3) is 3.17. The van der Waals surface area contributed by atoms with Crippen molar-refractivity contribution in [2.45, 2.75) is 37.7 Å². The van der Waals surface area contributed by atoms with E-state index in [9.17, 15) is 0 Å². The van der Waals surface area contributed by atoms with E-state index in [1.54, 1.807) is 11.3 Å². The van der Waals surface area contributed by atoms with Gasteiger partial charge in [-0.05, 0) is 18.4 Å². The minimum Gasteiger partial charge on any atom is -0.381 e. The molecule has 2 aliphatic rings. The first-order valence-electron chi connectivity index (χ1n) is 6.94. The molecule has 0 aliphatic carbocycles. The van der Waals surface area contributed by atoms with E-state index in [2.05, 4.69) is 29.8 Å². The lowest BCUT2D eigenvalue weighted by Gasteiger charge is -2.31. The normalized spacial score (nSPS) is 27.7. The van der Waals surface area contributed by atoms with E-state index in [0.717, 1.165) is 32.6 Å². The summed E-state index contributed by atoms with van der Waals surface area (Å²) in [5.41, 5.74) is 0. The number of hydrogen-bond acceptors (Lipinski definition) is 5. The summed E-state index contributed by atoms with van der Waals surface area (Å²) < 4.78 is 17.3. The molecule has 0 saturated carbocycles. The molecule has 1 aromatic heterocycles. The summed E-state index contributed by atoms with van der Waals surface area (Å²) in [7, 11) is 0. The van der Waals surface area contributed by atoms with Crippen LogP contribution < -0.4 is 5.32 Å². The Morgan fingerprint density at radius 1 is 1.47 bits per heavy atom. The first-order chi connectivity index (χ1) is 9.27. The quantitative estimate of drug-likeness (QED) is 0.920. The minimum absolute atomic E-state index is 0.153. The molecule has 0 amide bonds. The molecule has 1 N–H and O–H groups in total. The molecule has 2 saturated heterocycles. The van der Waals surface area contributed by atoms with Crippen molar-refractivity contribution in [1.82, 2.24) is 5.32 Å². The van der Waals surface area contributed by atoms with Gasteiger partial charge in [0.15, 0.2) is 5.79 Å². The van der Waals surface area contributed by atoms with Crippen LogP contribution in [-0.4, -0.2) is 38.3 Å². The highest BCUT2D eigenvalue weighted by atomic mass is 32.1. The van der Waals surface area contributed by atoms with E-state index in [1.807, 2.05) is 0 Å². The Morgan fingerprint density at radius 2 is 2.32 bits per heavy atom. The van der Waals surface area contributed by atoms with Gasteiger partial charge in [-0.3, -0.25) is 0 Å². The van der Waals surface area contributed by atoms with Crippen LogP contribution in [-0.2, 0) is 14.2 Å². The summed E-state index contributed by atoms with van der Waals surface area (Å²) in [5, 5.41) is 5.63. The second kappa shape index (κ2) is 5.89. The van der Waals surface area contributed by atoms with Crippen LogP contribution in [0.15, 0.2) is 17.5 Å². The van der Waals surface area contributed by atoms with Crippen LogP contribution in [0.5, 0.6) is 0 Å². The van der Waals surface area contributed by atoms with Crippen LogP contribution in [0.2, 0.25) is 0 Å². The third-order valence-corrected chi connectivity index (χ3v) is 4.85. The van der Waals surface area contributed by atoms with Crippen LogP contribution in [0.4, 0.5) is 0 Å². The fourth-order valence-electron chi connectivity index (χ4n) is 2.61. The fraction of sp³-hybridized carbons (Fsp3) is 0.714. The Labute approximate surface area is 118 Å². The Balaban J connectivity index is 1.47. The zero-order valence-electron chi connectivity index (χ0n) is 11.3. The number of rotatable bonds is 4. The Morgan fingerprint density at radius 3 is 3.05 bits per heavy atom. The second-order valence-electron chi connectivity index (χ2n) is 5.22. The molecule has 0 radical (unpaired) electrons. The molecule has 1 aromatic rings. The number of ether oxygens (including phenoxy) is 3. The molecule has 4 nitrogen and oxygen atoms in total. The van der Waals surface area contributed by atoms with E-state index >= 15 is 0 Å². The van der Waals surface area contributed by atoms with Crippen LogP contribution in [0, 0.1) is 0 Å². The maximum atomic E-state index is 6.10. The van der Waals surface area contributed by atoms with E-state index in [1.165, 1.54) is 4.88 Å². The maximum absolute atomic E-state index is 6.10. The van der Waals surface area contributed by atoms with E-state index < -0.39 is 0 Å². The van der Waals surface area contributed by atoms with Gasteiger partial charge in [-0.1, -0.05) is 6.07 Å². The maximum Gasteiger partial charge on any atom is 0.173 e. The third-order valence-electron chi connectivity index (χ3n) is 3.79. The smallest absolute Gasteiger partial charge is 0.173 e. The van der Waals surface area contributed by atoms with Crippen molar-refractivity contribution in [3.05, 3.63) is 22.4 Å². The number of thiophene rings is 1. The van der Waals surface area contributed by atoms with Crippen molar-refractivity contribution in [3.8, 4) is 0 Å². The zero-order chi connectivity index (χ0) is 13.1. The predicted octanol–water partition coefficient (Wildman–Crippen LogP) is 2.32. The summed E-state index contributed by atoms with van der Waals surface area (Å²) in [6, 6.07) is 4.62. The van der Waals surface area contributed by atoms with Gasteiger partial charge in [0.2, 0.25) is 0 Å². The van der Waals surface area contributed by atoms with Crippen LogP contribution >= 0.6 is 11.3 Å².